The SMILES string of the molecule is O=CN1CC=C(CC(NC(=O)c2ccc(Cl)cc2)C(=O)SC/C=C/c2ccccc2)c2ccccc21. The molecule has 1 aliphatic rings. The van der Waals surface area contributed by atoms with Crippen molar-refractivity contribution in [2.45, 2.75) is 12.5 Å². The van der Waals surface area contributed by atoms with Crippen LogP contribution >= 0.6 is 23.4 Å². The molecule has 1 heterocycles. The van der Waals surface area contributed by atoms with Crippen molar-refractivity contribution >= 4 is 58.1 Å². The van der Waals surface area contributed by atoms with Gasteiger partial charge in [0.1, 0.15) is 6.04 Å². The molecule has 4 rings (SSSR count). The summed E-state index contributed by atoms with van der Waals surface area (Å²) in [5.74, 6) is 0.139. The predicted octanol–water partition coefficient (Wildman–Crippen LogP) is 5.86. The van der Waals surface area contributed by atoms with Crippen LogP contribution in [0.25, 0.3) is 11.6 Å². The van der Waals surface area contributed by atoms with Crippen LogP contribution in [0.4, 0.5) is 5.69 Å². The van der Waals surface area contributed by atoms with Crippen molar-refractivity contribution in [2.24, 2.45) is 0 Å². The lowest BCUT2D eigenvalue weighted by atomic mass is 9.94. The zero-order valence-electron chi connectivity index (χ0n) is 19.5. The third-order valence-corrected chi connectivity index (χ3v) is 6.95. The maximum atomic E-state index is 13.3. The Bertz CT molecular complexity index is 1290. The van der Waals surface area contributed by atoms with E-state index in [1.807, 2.05) is 72.8 Å². The number of nitrogens with zero attached hydrogens (tertiary/aromatic N) is 1. The molecule has 0 spiro atoms. The van der Waals surface area contributed by atoms with Crippen LogP contribution in [0.1, 0.15) is 27.9 Å². The molecule has 182 valence electrons. The minimum atomic E-state index is -0.745. The summed E-state index contributed by atoms with van der Waals surface area (Å²) in [5.41, 5.74) is 4.07. The highest BCUT2D eigenvalue weighted by Gasteiger charge is 2.26. The van der Waals surface area contributed by atoms with Gasteiger partial charge in [0.15, 0.2) is 0 Å². The number of rotatable bonds is 9. The Morgan fingerprint density at radius 3 is 2.47 bits per heavy atom. The van der Waals surface area contributed by atoms with Crippen LogP contribution in [0.3, 0.4) is 0 Å². The van der Waals surface area contributed by atoms with Crippen molar-refractivity contribution in [2.75, 3.05) is 17.2 Å². The van der Waals surface area contributed by atoms with Crippen LogP contribution in [0.2, 0.25) is 5.02 Å². The van der Waals surface area contributed by atoms with Gasteiger partial charge < -0.3 is 10.2 Å². The highest BCUT2D eigenvalue weighted by atomic mass is 35.5. The van der Waals surface area contributed by atoms with Crippen LogP contribution in [0, 0.1) is 0 Å². The van der Waals surface area contributed by atoms with Gasteiger partial charge in [-0.1, -0.05) is 90.1 Å². The molecule has 3 aromatic rings. The first kappa shape index (κ1) is 25.5. The maximum absolute atomic E-state index is 13.3. The largest absolute Gasteiger partial charge is 0.341 e. The second kappa shape index (κ2) is 12.4. The summed E-state index contributed by atoms with van der Waals surface area (Å²) >= 11 is 7.12. The summed E-state index contributed by atoms with van der Waals surface area (Å²) in [7, 11) is 0. The molecular weight excluding hydrogens is 492 g/mol. The molecule has 0 fully saturated rings. The zero-order valence-corrected chi connectivity index (χ0v) is 21.0. The average molecular weight is 517 g/mol. The number of anilines is 1. The van der Waals surface area contributed by atoms with Gasteiger partial charge in [0.25, 0.3) is 5.91 Å². The second-order valence-corrected chi connectivity index (χ2v) is 9.65. The fraction of sp³-hybridized carbons (Fsp3) is 0.138. The van der Waals surface area contributed by atoms with Crippen molar-refractivity contribution in [1.82, 2.24) is 5.32 Å². The summed E-state index contributed by atoms with van der Waals surface area (Å²) in [5, 5.41) is 3.31. The van der Waals surface area contributed by atoms with Gasteiger partial charge in [-0.05, 0) is 41.5 Å². The Kier molecular flexibility index (Phi) is 8.76. The van der Waals surface area contributed by atoms with Crippen molar-refractivity contribution in [3.63, 3.8) is 0 Å². The third kappa shape index (κ3) is 6.53. The van der Waals surface area contributed by atoms with E-state index in [2.05, 4.69) is 5.32 Å². The highest BCUT2D eigenvalue weighted by Crippen LogP contribution is 2.33. The number of thioether (sulfide) groups is 1. The number of fused-ring (bicyclic) bond motifs is 1. The molecule has 0 bridgehead atoms. The topological polar surface area (TPSA) is 66.5 Å². The van der Waals surface area contributed by atoms with Crippen LogP contribution in [-0.4, -0.2) is 35.8 Å². The Labute approximate surface area is 219 Å². The van der Waals surface area contributed by atoms with Gasteiger partial charge in [0.2, 0.25) is 11.5 Å². The predicted molar refractivity (Wildman–Crippen MR) is 148 cm³/mol. The molecule has 1 aliphatic heterocycles. The van der Waals surface area contributed by atoms with Crippen LogP contribution in [0.15, 0.2) is 91.0 Å². The smallest absolute Gasteiger partial charge is 0.251 e. The van der Waals surface area contributed by atoms with Gasteiger partial charge >= 0.3 is 0 Å². The lowest BCUT2D eigenvalue weighted by Gasteiger charge is -2.28. The molecule has 0 saturated heterocycles. The van der Waals surface area contributed by atoms with Crippen molar-refractivity contribution < 1.29 is 14.4 Å². The summed E-state index contributed by atoms with van der Waals surface area (Å²) in [6.07, 6.45) is 6.96. The Morgan fingerprint density at radius 2 is 1.72 bits per heavy atom. The molecule has 0 aliphatic carbocycles. The van der Waals surface area contributed by atoms with Gasteiger partial charge in [-0.25, -0.2) is 0 Å². The standard InChI is InChI=1S/C29H25ClN2O3S/c30-24-14-12-22(13-15-24)28(34)31-26(29(35)36-18-6-9-21-7-2-1-3-8-21)19-23-16-17-32(20-33)27-11-5-4-10-25(23)27/h1-16,20,26H,17-19H2,(H,31,34)/b9-6+. The third-order valence-electron chi connectivity index (χ3n) is 5.77. The first-order valence-corrected chi connectivity index (χ1v) is 12.9. The van der Waals surface area contributed by atoms with E-state index in [0.717, 1.165) is 40.6 Å². The molecule has 1 atom stereocenters. The molecule has 5 nitrogen and oxygen atoms in total. The van der Waals surface area contributed by atoms with Crippen molar-refractivity contribution in [1.29, 1.82) is 0 Å². The number of halogens is 1. The van der Waals surface area contributed by atoms with Crippen molar-refractivity contribution in [3.8, 4) is 0 Å². The quantitative estimate of drug-likeness (QED) is 0.362. The number of nitrogens with one attached hydrogen (secondary N) is 1. The fourth-order valence-corrected chi connectivity index (χ4v) is 4.77. The first-order valence-electron chi connectivity index (χ1n) is 11.5. The summed E-state index contributed by atoms with van der Waals surface area (Å²) < 4.78 is 0. The van der Waals surface area contributed by atoms with Crippen molar-refractivity contribution in [3.05, 3.63) is 113 Å². The first-order chi connectivity index (χ1) is 17.5. The van der Waals surface area contributed by atoms with E-state index in [1.165, 1.54) is 0 Å². The number of para-hydroxylation sites is 1. The normalized spacial score (nSPS) is 13.6. The Morgan fingerprint density at radius 1 is 1.00 bits per heavy atom. The molecule has 0 radical (unpaired) electrons. The average Bonchev–Trinajstić information content (AvgIpc) is 2.91. The molecule has 3 aromatic carbocycles. The molecule has 1 N–H and O–H groups in total. The van der Waals surface area contributed by atoms with Crippen LogP contribution in [0.5, 0.6) is 0 Å². The van der Waals surface area contributed by atoms with Gasteiger partial charge in [0.05, 0.1) is 5.69 Å². The van der Waals surface area contributed by atoms with E-state index in [-0.39, 0.29) is 11.0 Å². The van der Waals surface area contributed by atoms with E-state index < -0.39 is 6.04 Å². The number of amides is 2. The molecule has 7 heteroatoms. The molecule has 0 saturated carbocycles. The van der Waals surface area contributed by atoms with Gasteiger partial charge in [-0.3, -0.25) is 14.4 Å². The van der Waals surface area contributed by atoms with E-state index in [0.29, 0.717) is 29.3 Å². The molecule has 1 unspecified atom stereocenters. The highest BCUT2D eigenvalue weighted by molar-refractivity contribution is 8.13. The second-order valence-electron chi connectivity index (χ2n) is 8.18. The number of hydrogen-bond acceptors (Lipinski definition) is 4. The van der Waals surface area contributed by atoms with E-state index in [4.69, 9.17) is 11.6 Å². The van der Waals surface area contributed by atoms with E-state index in [9.17, 15) is 14.4 Å². The minimum Gasteiger partial charge on any atom is -0.341 e. The summed E-state index contributed by atoms with van der Waals surface area (Å²) in [6, 6.07) is 23.2. The molecule has 0 aromatic heterocycles. The van der Waals surface area contributed by atoms with E-state index >= 15 is 0 Å². The number of hydrogen-bond donors (Lipinski definition) is 1. The minimum absolute atomic E-state index is 0.133. The summed E-state index contributed by atoms with van der Waals surface area (Å²) in [4.78, 5) is 39.4. The van der Waals surface area contributed by atoms with Gasteiger partial charge in [0, 0.05) is 34.9 Å². The Balaban J connectivity index is 1.51. The molecule has 36 heavy (non-hydrogen) atoms. The number of carbonyl (C=O) groups is 3. The maximum Gasteiger partial charge on any atom is 0.251 e. The summed E-state index contributed by atoms with van der Waals surface area (Å²) in [6.45, 7) is 0.412. The fourth-order valence-electron chi connectivity index (χ4n) is 3.94. The van der Waals surface area contributed by atoms with Gasteiger partial charge in [-0.15, -0.1) is 0 Å². The number of benzene rings is 3. The van der Waals surface area contributed by atoms with Crippen LogP contribution < -0.4 is 10.2 Å². The molecule has 2 amide bonds. The lowest BCUT2D eigenvalue weighted by Crippen LogP contribution is -2.40. The lowest BCUT2D eigenvalue weighted by molar-refractivity contribution is -0.112. The molecular formula is C29H25ClN2O3S. The van der Waals surface area contributed by atoms with Crippen LogP contribution in [-0.2, 0) is 9.59 Å². The van der Waals surface area contributed by atoms with Gasteiger partial charge in [-0.2, -0.15) is 0 Å². The van der Waals surface area contributed by atoms with E-state index in [1.54, 1.807) is 29.2 Å². The Hall–Kier alpha value is -3.61. The zero-order chi connectivity index (χ0) is 25.3. The number of carbonyl (C=O) groups excluding carboxylic acids is 3. The monoisotopic (exact) mass is 516 g/mol.